The van der Waals surface area contributed by atoms with Crippen LogP contribution in [0.2, 0.25) is 0 Å². The maximum absolute atomic E-state index is 13.9. The van der Waals surface area contributed by atoms with Crippen molar-refractivity contribution in [1.82, 2.24) is 0 Å². The van der Waals surface area contributed by atoms with Crippen LogP contribution in [0.15, 0.2) is 16.2 Å². The Morgan fingerprint density at radius 3 is 0.806 bits per heavy atom. The standard InChI is InChI=1S/2C6ClF8.Hg/c2*7-2-1-3(8,9)5(12,13)6(14,15)4(2,10)11;. The number of halogens is 18. The molecule has 0 nitrogen and oxygen atoms in total. The van der Waals surface area contributed by atoms with Gasteiger partial charge in [0.05, 0.1) is 0 Å². The molecule has 0 fully saturated rings. The van der Waals surface area contributed by atoms with E-state index in [4.69, 9.17) is 0 Å². The first kappa shape index (κ1) is 27.1. The van der Waals surface area contributed by atoms with E-state index in [1.165, 1.54) is 0 Å². The van der Waals surface area contributed by atoms with Crippen LogP contribution in [-0.2, 0) is 24.6 Å². The Bertz CT molecular complexity index is 800. The molecule has 0 N–H and O–H groups in total. The molecule has 0 unspecified atom stereocenters. The van der Waals surface area contributed by atoms with Gasteiger partial charge in [0, 0.05) is 0 Å². The predicted molar refractivity (Wildman–Crippen MR) is 65.3 cm³/mol. The third-order valence-corrected chi connectivity index (χ3v) is 16.2. The van der Waals surface area contributed by atoms with E-state index in [0.717, 1.165) is 0 Å². The molecule has 2 aliphatic rings. The molecular formula is C12Cl2F16Hg. The fourth-order valence-electron chi connectivity index (χ4n) is 2.65. The van der Waals surface area contributed by atoms with E-state index in [9.17, 15) is 70.2 Å². The van der Waals surface area contributed by atoms with Crippen molar-refractivity contribution in [3.63, 3.8) is 0 Å². The average Bonchev–Trinajstić information content (AvgIpc) is 2.58. The number of hydrogen-bond donors (Lipinski definition) is 0. The second-order valence-corrected chi connectivity index (χ2v) is 14.0. The van der Waals surface area contributed by atoms with Crippen molar-refractivity contribution in [2.45, 2.75) is 47.4 Å². The quantitative estimate of drug-likeness (QED) is 0.212. The molecule has 0 atom stereocenters. The maximum atomic E-state index is 13.9. The normalized spacial score (nSPS) is 31.3. The summed E-state index contributed by atoms with van der Waals surface area (Å²) >= 11 is 3.20. The molecule has 0 bridgehead atoms. The van der Waals surface area contributed by atoms with Crippen LogP contribution in [0.5, 0.6) is 0 Å². The van der Waals surface area contributed by atoms with Crippen molar-refractivity contribution in [2.75, 3.05) is 0 Å². The van der Waals surface area contributed by atoms with Gasteiger partial charge < -0.3 is 0 Å². The molecular weight excluding hydrogens is 720 g/mol. The Balaban J connectivity index is 2.88. The molecule has 19 heteroatoms. The minimum atomic E-state index is -7.07. The second-order valence-electron chi connectivity index (χ2n) is 6.36. The van der Waals surface area contributed by atoms with Crippen molar-refractivity contribution in [1.29, 1.82) is 0 Å². The van der Waals surface area contributed by atoms with E-state index in [1.807, 2.05) is 0 Å². The third kappa shape index (κ3) is 2.87. The Hall–Kier alpha value is -0.125. The van der Waals surface area contributed by atoms with Crippen LogP contribution in [0.25, 0.3) is 0 Å². The molecule has 0 aromatic carbocycles. The molecule has 0 saturated carbocycles. The fourth-order valence-corrected chi connectivity index (χ4v) is 12.1. The van der Waals surface area contributed by atoms with Crippen LogP contribution in [0, 0.1) is 0 Å². The zero-order chi connectivity index (χ0) is 25.0. The number of rotatable bonds is 2. The van der Waals surface area contributed by atoms with Crippen molar-refractivity contribution in [3.05, 3.63) is 16.2 Å². The topological polar surface area (TPSA) is 0 Å². The summed E-state index contributed by atoms with van der Waals surface area (Å²) in [5, 5.41) is -6.38. The van der Waals surface area contributed by atoms with Crippen molar-refractivity contribution >= 4 is 23.2 Å². The van der Waals surface area contributed by atoms with Gasteiger partial charge in [-0.15, -0.1) is 0 Å². The summed E-state index contributed by atoms with van der Waals surface area (Å²) in [7, 11) is 0. The summed E-state index contributed by atoms with van der Waals surface area (Å²) in [6, 6.07) is 0. The third-order valence-electron chi connectivity index (χ3n) is 4.56. The minimum absolute atomic E-state index is 3.11. The van der Waals surface area contributed by atoms with Crippen molar-refractivity contribution in [2.24, 2.45) is 0 Å². The summed E-state index contributed by atoms with van der Waals surface area (Å²) in [5.41, 5.74) is 0. The molecule has 0 aliphatic heterocycles. The van der Waals surface area contributed by atoms with Gasteiger partial charge in [-0.05, 0) is 0 Å². The zero-order valence-electron chi connectivity index (χ0n) is 13.5. The molecule has 0 aromatic heterocycles. The van der Waals surface area contributed by atoms with E-state index >= 15 is 0 Å². The summed E-state index contributed by atoms with van der Waals surface area (Å²) in [4.78, 5) is 0. The molecule has 0 saturated heterocycles. The summed E-state index contributed by atoms with van der Waals surface area (Å²) in [6.45, 7) is 0. The van der Waals surface area contributed by atoms with Crippen LogP contribution in [0.4, 0.5) is 70.2 Å². The first-order chi connectivity index (χ1) is 13.3. The van der Waals surface area contributed by atoms with E-state index in [-0.39, 0.29) is 0 Å². The van der Waals surface area contributed by atoms with Crippen molar-refractivity contribution in [3.8, 4) is 0 Å². The first-order valence-electron chi connectivity index (χ1n) is 7.11. The van der Waals surface area contributed by atoms with Crippen LogP contribution in [0.1, 0.15) is 0 Å². The van der Waals surface area contributed by atoms with E-state index in [1.54, 1.807) is 0 Å². The van der Waals surface area contributed by atoms with Gasteiger partial charge in [0.25, 0.3) is 0 Å². The number of hydrogen-bond acceptors (Lipinski definition) is 0. The number of allylic oxidation sites excluding steroid dienone is 4. The SMILES string of the molecule is FC1(F)C(Cl)=[C]([Hg][C]2=C(Cl)C(F)(F)C(F)(F)C(F)(F)C2(F)F)C(F)(F)C(F)(F)C1(F)F. The summed E-state index contributed by atoms with van der Waals surface area (Å²) in [5.74, 6) is -53.8. The van der Waals surface area contributed by atoms with Gasteiger partial charge in [-0.25, -0.2) is 0 Å². The van der Waals surface area contributed by atoms with E-state index < -0.39 is 88.2 Å². The molecule has 0 amide bonds. The number of alkyl halides is 16. The van der Waals surface area contributed by atoms with Crippen molar-refractivity contribution < 1.29 is 94.8 Å². The Morgan fingerprint density at radius 2 is 0.581 bits per heavy atom. The van der Waals surface area contributed by atoms with Crippen LogP contribution in [0.3, 0.4) is 0 Å². The van der Waals surface area contributed by atoms with Gasteiger partial charge in [-0.2, -0.15) is 0 Å². The monoisotopic (exact) mass is 720 g/mol. The molecule has 0 heterocycles. The average molecular weight is 720 g/mol. The molecule has 2 aliphatic carbocycles. The second kappa shape index (κ2) is 6.72. The van der Waals surface area contributed by atoms with Crippen LogP contribution in [-0.4, -0.2) is 47.4 Å². The molecule has 2 rings (SSSR count). The van der Waals surface area contributed by atoms with Gasteiger partial charge in [-0.1, -0.05) is 0 Å². The van der Waals surface area contributed by atoms with Gasteiger partial charge in [0.1, 0.15) is 0 Å². The Kier molecular flexibility index (Phi) is 5.88. The predicted octanol–water partition coefficient (Wildman–Crippen LogP) is 7.08. The van der Waals surface area contributed by atoms with Crippen LogP contribution >= 0.6 is 23.2 Å². The summed E-state index contributed by atoms with van der Waals surface area (Å²) < 4.78 is 211. The molecule has 0 spiro atoms. The molecule has 31 heavy (non-hydrogen) atoms. The first-order valence-corrected chi connectivity index (χ1v) is 13.4. The molecule has 0 aromatic rings. The van der Waals surface area contributed by atoms with Crippen LogP contribution < -0.4 is 0 Å². The Morgan fingerprint density at radius 1 is 0.387 bits per heavy atom. The van der Waals surface area contributed by atoms with E-state index in [0.29, 0.717) is 0 Å². The fraction of sp³-hybridized carbons (Fsp3) is 0.667. The van der Waals surface area contributed by atoms with Gasteiger partial charge in [-0.3, -0.25) is 0 Å². The summed E-state index contributed by atoms with van der Waals surface area (Å²) in [6.07, 6.45) is 0. The van der Waals surface area contributed by atoms with E-state index in [2.05, 4.69) is 23.2 Å². The zero-order valence-corrected chi connectivity index (χ0v) is 20.5. The van der Waals surface area contributed by atoms with Gasteiger partial charge in [0.2, 0.25) is 0 Å². The van der Waals surface area contributed by atoms with Gasteiger partial charge >= 0.3 is 182 Å². The Labute approximate surface area is 181 Å². The van der Waals surface area contributed by atoms with Gasteiger partial charge in [0.15, 0.2) is 0 Å². The molecule has 0 radical (unpaired) electrons. The molecule has 176 valence electrons.